The van der Waals surface area contributed by atoms with Crippen molar-refractivity contribution in [2.45, 2.75) is 71.3 Å². The molecular formula is C21H34N2O. The average molecular weight is 331 g/mol. The molecule has 2 atom stereocenters. The van der Waals surface area contributed by atoms with E-state index in [1.54, 1.807) is 0 Å². The first-order chi connectivity index (χ1) is 11.1. The second-order valence-corrected chi connectivity index (χ2v) is 9.01. The lowest BCUT2D eigenvalue weighted by molar-refractivity contribution is -0.126. The molecule has 0 bridgehead atoms. The van der Waals surface area contributed by atoms with Gasteiger partial charge >= 0.3 is 0 Å². The Morgan fingerprint density at radius 2 is 1.71 bits per heavy atom. The van der Waals surface area contributed by atoms with Crippen molar-refractivity contribution in [1.29, 1.82) is 0 Å². The standard InChI is InChI=1S/C21H34N2O/c1-15-13-16(11-12-22-15)19(24)23-14-21(5,6)18-9-7-17(8-10-18)20(2,3)4/h7-10,15-16,22H,11-14H2,1-6H3,(H,23,24)/t15-,16-/m0/s1. The molecule has 1 aliphatic rings. The smallest absolute Gasteiger partial charge is 0.223 e. The van der Waals surface area contributed by atoms with E-state index in [2.05, 4.69) is 76.4 Å². The van der Waals surface area contributed by atoms with Gasteiger partial charge in [0.05, 0.1) is 0 Å². The summed E-state index contributed by atoms with van der Waals surface area (Å²) in [5, 5.41) is 6.59. The predicted molar refractivity (Wildman–Crippen MR) is 101 cm³/mol. The molecule has 0 aromatic heterocycles. The summed E-state index contributed by atoms with van der Waals surface area (Å²) < 4.78 is 0. The van der Waals surface area contributed by atoms with E-state index in [-0.39, 0.29) is 22.7 Å². The summed E-state index contributed by atoms with van der Waals surface area (Å²) >= 11 is 0. The minimum absolute atomic E-state index is 0.0649. The molecule has 0 saturated carbocycles. The number of hydrogen-bond donors (Lipinski definition) is 2. The number of rotatable bonds is 4. The molecule has 1 aliphatic heterocycles. The molecule has 0 aliphatic carbocycles. The lowest BCUT2D eigenvalue weighted by Crippen LogP contribution is -2.45. The summed E-state index contributed by atoms with van der Waals surface area (Å²) in [7, 11) is 0. The molecule has 1 amide bonds. The monoisotopic (exact) mass is 330 g/mol. The van der Waals surface area contributed by atoms with Gasteiger partial charge in [0.1, 0.15) is 0 Å². The number of carbonyl (C=O) groups is 1. The van der Waals surface area contributed by atoms with Crippen molar-refractivity contribution in [3.63, 3.8) is 0 Å². The van der Waals surface area contributed by atoms with Gasteiger partial charge in [0, 0.05) is 23.9 Å². The van der Waals surface area contributed by atoms with Crippen LogP contribution in [0, 0.1) is 5.92 Å². The van der Waals surface area contributed by atoms with Gasteiger partial charge < -0.3 is 10.6 Å². The lowest BCUT2D eigenvalue weighted by Gasteiger charge is -2.30. The molecule has 1 heterocycles. The van der Waals surface area contributed by atoms with Crippen LogP contribution in [0.5, 0.6) is 0 Å². The third kappa shape index (κ3) is 4.83. The lowest BCUT2D eigenvalue weighted by atomic mass is 9.81. The summed E-state index contributed by atoms with van der Waals surface area (Å²) in [5.41, 5.74) is 2.72. The van der Waals surface area contributed by atoms with Crippen LogP contribution in [0.15, 0.2) is 24.3 Å². The number of carbonyl (C=O) groups excluding carboxylic acids is 1. The van der Waals surface area contributed by atoms with Gasteiger partial charge in [-0.25, -0.2) is 0 Å². The van der Waals surface area contributed by atoms with Gasteiger partial charge in [-0.05, 0) is 42.9 Å². The van der Waals surface area contributed by atoms with Crippen LogP contribution >= 0.6 is 0 Å². The van der Waals surface area contributed by atoms with Gasteiger partial charge in [-0.1, -0.05) is 58.9 Å². The minimum atomic E-state index is -0.0649. The highest BCUT2D eigenvalue weighted by atomic mass is 16.1. The van der Waals surface area contributed by atoms with Crippen molar-refractivity contribution in [2.75, 3.05) is 13.1 Å². The van der Waals surface area contributed by atoms with E-state index in [4.69, 9.17) is 0 Å². The second-order valence-electron chi connectivity index (χ2n) is 9.01. The normalized spacial score (nSPS) is 22.2. The summed E-state index contributed by atoms with van der Waals surface area (Å²) in [6.07, 6.45) is 1.88. The van der Waals surface area contributed by atoms with Gasteiger partial charge in [-0.15, -0.1) is 0 Å². The topological polar surface area (TPSA) is 41.1 Å². The molecule has 1 fully saturated rings. The van der Waals surface area contributed by atoms with Gasteiger partial charge in [0.2, 0.25) is 5.91 Å². The molecule has 134 valence electrons. The molecule has 1 saturated heterocycles. The van der Waals surface area contributed by atoms with Crippen molar-refractivity contribution in [2.24, 2.45) is 5.92 Å². The molecule has 0 spiro atoms. The SMILES string of the molecule is C[C@H]1C[C@@H](C(=O)NCC(C)(C)c2ccc(C(C)(C)C)cc2)CCN1. The second kappa shape index (κ2) is 7.26. The molecule has 0 radical (unpaired) electrons. The van der Waals surface area contributed by atoms with E-state index in [1.165, 1.54) is 11.1 Å². The number of hydrogen-bond acceptors (Lipinski definition) is 2. The van der Waals surface area contributed by atoms with Crippen molar-refractivity contribution in [3.05, 3.63) is 35.4 Å². The molecule has 3 nitrogen and oxygen atoms in total. The fourth-order valence-corrected chi connectivity index (χ4v) is 3.35. The Balaban J connectivity index is 1.96. The zero-order valence-corrected chi connectivity index (χ0v) is 16.2. The van der Waals surface area contributed by atoms with Gasteiger partial charge in [-0.2, -0.15) is 0 Å². The zero-order chi connectivity index (χ0) is 18.0. The van der Waals surface area contributed by atoms with E-state index in [0.29, 0.717) is 12.6 Å². The fraction of sp³-hybridized carbons (Fsp3) is 0.667. The van der Waals surface area contributed by atoms with Crippen LogP contribution in [0.3, 0.4) is 0 Å². The Bertz CT molecular complexity index is 554. The van der Waals surface area contributed by atoms with Gasteiger partial charge in [0.15, 0.2) is 0 Å². The van der Waals surface area contributed by atoms with Gasteiger partial charge in [-0.3, -0.25) is 4.79 Å². The van der Waals surface area contributed by atoms with E-state index >= 15 is 0 Å². The molecule has 24 heavy (non-hydrogen) atoms. The Labute approximate surface area is 147 Å². The van der Waals surface area contributed by atoms with Crippen LogP contribution in [-0.4, -0.2) is 25.0 Å². The van der Waals surface area contributed by atoms with E-state index in [1.807, 2.05) is 0 Å². The average Bonchev–Trinajstić information content (AvgIpc) is 2.52. The van der Waals surface area contributed by atoms with Gasteiger partial charge in [0.25, 0.3) is 0 Å². The van der Waals surface area contributed by atoms with Crippen LogP contribution < -0.4 is 10.6 Å². The third-order valence-electron chi connectivity index (χ3n) is 5.23. The number of amides is 1. The summed E-state index contributed by atoms with van der Waals surface area (Å²) in [6.45, 7) is 14.9. The van der Waals surface area contributed by atoms with E-state index in [0.717, 1.165) is 19.4 Å². The maximum absolute atomic E-state index is 12.5. The van der Waals surface area contributed by atoms with E-state index in [9.17, 15) is 4.79 Å². The highest BCUT2D eigenvalue weighted by molar-refractivity contribution is 5.78. The van der Waals surface area contributed by atoms with Crippen molar-refractivity contribution in [1.82, 2.24) is 10.6 Å². The number of benzene rings is 1. The maximum Gasteiger partial charge on any atom is 0.223 e. The van der Waals surface area contributed by atoms with Crippen molar-refractivity contribution in [3.8, 4) is 0 Å². The van der Waals surface area contributed by atoms with Crippen LogP contribution in [0.25, 0.3) is 0 Å². The molecule has 2 N–H and O–H groups in total. The first kappa shape index (κ1) is 19.0. The Morgan fingerprint density at radius 3 is 2.25 bits per heavy atom. The fourth-order valence-electron chi connectivity index (χ4n) is 3.35. The summed E-state index contributed by atoms with van der Waals surface area (Å²) in [6, 6.07) is 9.28. The van der Waals surface area contributed by atoms with Crippen LogP contribution in [0.1, 0.15) is 65.5 Å². The Kier molecular flexibility index (Phi) is 5.74. The van der Waals surface area contributed by atoms with Crippen molar-refractivity contribution >= 4 is 5.91 Å². The van der Waals surface area contributed by atoms with E-state index < -0.39 is 0 Å². The van der Waals surface area contributed by atoms with Crippen LogP contribution in [0.4, 0.5) is 0 Å². The molecule has 1 aromatic carbocycles. The van der Waals surface area contributed by atoms with Crippen LogP contribution in [0.2, 0.25) is 0 Å². The number of piperidine rings is 1. The molecule has 0 unspecified atom stereocenters. The third-order valence-corrected chi connectivity index (χ3v) is 5.23. The van der Waals surface area contributed by atoms with Crippen LogP contribution in [-0.2, 0) is 15.6 Å². The zero-order valence-electron chi connectivity index (χ0n) is 16.2. The summed E-state index contributed by atoms with van der Waals surface area (Å²) in [5.74, 6) is 0.364. The molecule has 2 rings (SSSR count). The highest BCUT2D eigenvalue weighted by Gasteiger charge is 2.27. The minimum Gasteiger partial charge on any atom is -0.355 e. The summed E-state index contributed by atoms with van der Waals surface area (Å²) in [4.78, 5) is 12.5. The first-order valence-electron chi connectivity index (χ1n) is 9.22. The quantitative estimate of drug-likeness (QED) is 0.882. The Morgan fingerprint density at radius 1 is 1.12 bits per heavy atom. The molecule has 1 aromatic rings. The molecule has 3 heteroatoms. The Hall–Kier alpha value is -1.35. The largest absolute Gasteiger partial charge is 0.355 e. The number of nitrogens with one attached hydrogen (secondary N) is 2. The predicted octanol–water partition coefficient (Wildman–Crippen LogP) is 3.77. The maximum atomic E-state index is 12.5. The molecular weight excluding hydrogens is 296 g/mol. The highest BCUT2D eigenvalue weighted by Crippen LogP contribution is 2.27. The first-order valence-corrected chi connectivity index (χ1v) is 9.22. The van der Waals surface area contributed by atoms with Crippen molar-refractivity contribution < 1.29 is 4.79 Å².